The molecule has 0 amide bonds. The number of rotatable bonds is 2. The summed E-state index contributed by atoms with van der Waals surface area (Å²) in [7, 11) is 6.15. The quantitative estimate of drug-likeness (QED) is 0.269. The van der Waals surface area contributed by atoms with Crippen LogP contribution in [0.5, 0.6) is 5.75 Å². The number of nitrogen functional groups attached to an aromatic ring is 1. The SMILES string of the molecule is CCl.C[N+](C)(C)c1cccc(N=C2C=C(N)c3c(O)cc(Br)c(N)c3C2=O)c1. The summed E-state index contributed by atoms with van der Waals surface area (Å²) < 4.78 is 1.06. The van der Waals surface area contributed by atoms with E-state index in [1.54, 1.807) is 0 Å². The number of carbonyl (C=O) groups is 1. The van der Waals surface area contributed by atoms with Crippen molar-refractivity contribution in [3.8, 4) is 5.75 Å². The highest BCUT2D eigenvalue weighted by atomic mass is 79.9. The molecule has 1 aliphatic carbocycles. The van der Waals surface area contributed by atoms with E-state index in [0.717, 1.165) is 5.69 Å². The van der Waals surface area contributed by atoms with Crippen molar-refractivity contribution in [3.63, 3.8) is 0 Å². The first-order chi connectivity index (χ1) is 13.1. The van der Waals surface area contributed by atoms with Gasteiger partial charge in [-0.2, -0.15) is 0 Å². The summed E-state index contributed by atoms with van der Waals surface area (Å²) in [6.07, 6.45) is 2.94. The first kappa shape index (κ1) is 21.9. The number of phenols is 1. The number of ketones is 1. The average molecular weight is 467 g/mol. The van der Waals surface area contributed by atoms with E-state index >= 15 is 0 Å². The molecule has 8 heteroatoms. The molecular formula is C20H23BrClN4O2+. The highest BCUT2D eigenvalue weighted by Crippen LogP contribution is 2.39. The molecule has 2 aromatic rings. The molecule has 6 nitrogen and oxygen atoms in total. The first-order valence-corrected chi connectivity index (χ1v) is 9.86. The van der Waals surface area contributed by atoms with E-state index in [-0.39, 0.29) is 39.8 Å². The lowest BCUT2D eigenvalue weighted by molar-refractivity contribution is 0.106. The molecule has 0 aromatic heterocycles. The lowest BCUT2D eigenvalue weighted by atomic mass is 9.90. The highest BCUT2D eigenvalue weighted by molar-refractivity contribution is 9.10. The summed E-state index contributed by atoms with van der Waals surface area (Å²) in [4.78, 5) is 17.4. The number of allylic oxidation sites excluding steroid dienone is 1. The van der Waals surface area contributed by atoms with Gasteiger partial charge in [0.25, 0.3) is 0 Å². The van der Waals surface area contributed by atoms with Crippen molar-refractivity contribution in [2.24, 2.45) is 10.7 Å². The molecule has 0 fully saturated rings. The van der Waals surface area contributed by atoms with Gasteiger partial charge in [-0.3, -0.25) is 9.28 Å². The van der Waals surface area contributed by atoms with Crippen LogP contribution < -0.4 is 16.0 Å². The molecule has 0 heterocycles. The molecule has 3 rings (SSSR count). The molecule has 0 atom stereocenters. The summed E-state index contributed by atoms with van der Waals surface area (Å²) in [5.41, 5.74) is 14.9. The van der Waals surface area contributed by atoms with Gasteiger partial charge in [-0.25, -0.2) is 4.99 Å². The number of benzene rings is 2. The van der Waals surface area contributed by atoms with Crippen LogP contribution in [-0.4, -0.2) is 44.1 Å². The third kappa shape index (κ3) is 4.22. The van der Waals surface area contributed by atoms with Crippen LogP contribution in [0, 0.1) is 0 Å². The van der Waals surface area contributed by atoms with Gasteiger partial charge in [0, 0.05) is 22.6 Å². The zero-order chi connectivity index (χ0) is 21.2. The minimum Gasteiger partial charge on any atom is -0.507 e. The van der Waals surface area contributed by atoms with E-state index < -0.39 is 0 Å². The number of aromatic hydroxyl groups is 1. The third-order valence-electron chi connectivity index (χ3n) is 4.19. The van der Waals surface area contributed by atoms with Gasteiger partial charge in [0.2, 0.25) is 5.78 Å². The molecule has 0 spiro atoms. The van der Waals surface area contributed by atoms with Crippen LogP contribution in [-0.2, 0) is 0 Å². The van der Waals surface area contributed by atoms with Crippen molar-refractivity contribution in [2.75, 3.05) is 33.3 Å². The van der Waals surface area contributed by atoms with Crippen LogP contribution in [0.4, 0.5) is 17.1 Å². The van der Waals surface area contributed by atoms with Gasteiger partial charge in [-0.1, -0.05) is 6.07 Å². The van der Waals surface area contributed by atoms with E-state index in [9.17, 15) is 9.90 Å². The van der Waals surface area contributed by atoms with Crippen molar-refractivity contribution in [1.82, 2.24) is 4.48 Å². The molecule has 28 heavy (non-hydrogen) atoms. The average Bonchev–Trinajstić information content (AvgIpc) is 2.63. The lowest BCUT2D eigenvalue weighted by Gasteiger charge is -2.23. The molecule has 0 bridgehead atoms. The third-order valence-corrected chi connectivity index (χ3v) is 4.85. The van der Waals surface area contributed by atoms with E-state index in [1.165, 1.54) is 18.5 Å². The second-order valence-corrected chi connectivity index (χ2v) is 7.85. The van der Waals surface area contributed by atoms with E-state index in [1.807, 2.05) is 45.4 Å². The second kappa shape index (κ2) is 8.34. The number of phenolic OH excluding ortho intramolecular Hbond substituents is 1. The topological polar surface area (TPSA) is 102 Å². The van der Waals surface area contributed by atoms with Crippen molar-refractivity contribution in [3.05, 3.63) is 52.0 Å². The van der Waals surface area contributed by atoms with Crippen LogP contribution in [0.15, 0.2) is 45.9 Å². The van der Waals surface area contributed by atoms with Crippen molar-refractivity contribution in [1.29, 1.82) is 0 Å². The highest BCUT2D eigenvalue weighted by Gasteiger charge is 2.29. The predicted octanol–water partition coefficient (Wildman–Crippen LogP) is 4.06. The number of aliphatic imine (C=N–C) groups is 1. The fourth-order valence-electron chi connectivity index (χ4n) is 2.80. The molecule has 1 aliphatic rings. The number of hydrogen-bond donors (Lipinski definition) is 3. The summed E-state index contributed by atoms with van der Waals surface area (Å²) >= 11 is 7.89. The van der Waals surface area contributed by atoms with E-state index in [0.29, 0.717) is 14.6 Å². The molecule has 148 valence electrons. The molecule has 0 aliphatic heterocycles. The van der Waals surface area contributed by atoms with Gasteiger partial charge in [0.15, 0.2) is 0 Å². The number of fused-ring (bicyclic) bond motifs is 1. The Kier molecular flexibility index (Phi) is 6.54. The summed E-state index contributed by atoms with van der Waals surface area (Å²) in [6.45, 7) is 0. The van der Waals surface area contributed by atoms with E-state index in [2.05, 4.69) is 32.5 Å². The van der Waals surface area contributed by atoms with Crippen molar-refractivity contribution < 1.29 is 9.90 Å². The first-order valence-electron chi connectivity index (χ1n) is 8.31. The smallest absolute Gasteiger partial charge is 0.214 e. The second-order valence-electron chi connectivity index (χ2n) is 7.00. The monoisotopic (exact) mass is 465 g/mol. The zero-order valence-corrected chi connectivity index (χ0v) is 18.5. The largest absolute Gasteiger partial charge is 0.507 e. The number of Topliss-reactive ketones (excluding diaryl/α,β-unsaturated/α-hetero) is 1. The Morgan fingerprint density at radius 2 is 1.75 bits per heavy atom. The standard InChI is InChI=1S/C19H19BrN4O2.CH3Cl/c1-24(2,3)11-6-4-5-10(7-11)23-14-9-13(21)16-15(25)8-12(20)18(22)17(16)19(14)26;1-2/h4-9H,1-3H3,(H4-,21,22,23,25,26);1H3/p+1. The summed E-state index contributed by atoms with van der Waals surface area (Å²) in [6, 6.07) is 9.06. The minimum atomic E-state index is -0.376. The van der Waals surface area contributed by atoms with Crippen LogP contribution in [0.1, 0.15) is 15.9 Å². The van der Waals surface area contributed by atoms with Crippen LogP contribution in [0.2, 0.25) is 0 Å². The van der Waals surface area contributed by atoms with Crippen LogP contribution in [0.3, 0.4) is 0 Å². The maximum absolute atomic E-state index is 12.9. The Hall–Kier alpha value is -2.35. The Labute approximate surface area is 177 Å². The molecule has 0 unspecified atom stereocenters. The van der Waals surface area contributed by atoms with Crippen molar-refractivity contribution >= 4 is 61.8 Å². The predicted molar refractivity (Wildman–Crippen MR) is 122 cm³/mol. The normalized spacial score (nSPS) is 14.9. The van der Waals surface area contributed by atoms with Gasteiger partial charge in [-0.05, 0) is 40.2 Å². The fourth-order valence-corrected chi connectivity index (χ4v) is 3.21. The molecule has 5 N–H and O–H groups in total. The van der Waals surface area contributed by atoms with E-state index in [4.69, 9.17) is 11.5 Å². The number of halogens is 2. The molecule has 2 aromatic carbocycles. The Balaban J connectivity index is 0.00000136. The molecule has 0 radical (unpaired) electrons. The van der Waals surface area contributed by atoms with Gasteiger partial charge in [0.05, 0.1) is 43.6 Å². The summed E-state index contributed by atoms with van der Waals surface area (Å²) in [5, 5.41) is 10.2. The van der Waals surface area contributed by atoms with Crippen molar-refractivity contribution in [2.45, 2.75) is 0 Å². The number of hydrogen-bond acceptors (Lipinski definition) is 5. The molecule has 0 saturated heterocycles. The Morgan fingerprint density at radius 1 is 1.11 bits per heavy atom. The number of carbonyl (C=O) groups excluding carboxylic acids is 1. The van der Waals surface area contributed by atoms with Gasteiger partial charge in [0.1, 0.15) is 17.1 Å². The Bertz CT molecular complexity index is 994. The molecular weight excluding hydrogens is 444 g/mol. The number of nitrogens with two attached hydrogens (primary N) is 2. The van der Waals surface area contributed by atoms with Gasteiger partial charge >= 0.3 is 0 Å². The van der Waals surface area contributed by atoms with Crippen LogP contribution >= 0.6 is 27.5 Å². The van der Waals surface area contributed by atoms with Gasteiger partial charge < -0.3 is 16.6 Å². The lowest BCUT2D eigenvalue weighted by Crippen LogP contribution is -2.34. The molecule has 0 saturated carbocycles. The maximum atomic E-state index is 12.9. The zero-order valence-electron chi connectivity index (χ0n) is 16.1. The van der Waals surface area contributed by atoms with Gasteiger partial charge in [-0.15, -0.1) is 11.6 Å². The maximum Gasteiger partial charge on any atom is 0.214 e. The number of quaternary nitrogens is 1. The Morgan fingerprint density at radius 3 is 2.36 bits per heavy atom. The minimum absolute atomic E-state index is 0.103. The van der Waals surface area contributed by atoms with Crippen LogP contribution in [0.25, 0.3) is 5.70 Å². The number of alkyl halides is 1. The fraction of sp³-hybridized carbons (Fsp3) is 0.200. The number of nitrogens with zero attached hydrogens (tertiary/aromatic N) is 2. The number of anilines is 1. The summed E-state index contributed by atoms with van der Waals surface area (Å²) in [5.74, 6) is -0.479.